The highest BCUT2D eigenvalue weighted by Gasteiger charge is 2.30. The van der Waals surface area contributed by atoms with Crippen molar-refractivity contribution in [1.82, 2.24) is 15.6 Å². The summed E-state index contributed by atoms with van der Waals surface area (Å²) in [5.41, 5.74) is 2.42. The summed E-state index contributed by atoms with van der Waals surface area (Å²) in [7, 11) is 1.61. The molecule has 0 bridgehead atoms. The molecule has 2 rings (SSSR count). The van der Waals surface area contributed by atoms with E-state index in [0.29, 0.717) is 19.1 Å². The summed E-state index contributed by atoms with van der Waals surface area (Å²) in [6.45, 7) is 1.05. The number of guanidine groups is 1. The number of hydrogen-bond donors (Lipinski definition) is 2. The number of ether oxygens (including phenoxy) is 1. The summed E-state index contributed by atoms with van der Waals surface area (Å²) in [6, 6.07) is -0.424. The van der Waals surface area contributed by atoms with Gasteiger partial charge in [0.05, 0.1) is 24.4 Å². The van der Waals surface area contributed by atoms with Crippen molar-refractivity contribution < 1.29 is 9.53 Å². The Bertz CT molecular complexity index is 390. The lowest BCUT2D eigenvalue weighted by Gasteiger charge is -2.02. The van der Waals surface area contributed by atoms with Crippen LogP contribution >= 0.6 is 11.3 Å². The molecular weight excluding hydrogens is 228 g/mol. The van der Waals surface area contributed by atoms with Gasteiger partial charge in [-0.2, -0.15) is 0 Å². The molecule has 1 fully saturated rings. The highest BCUT2D eigenvalue weighted by molar-refractivity contribution is 7.07. The highest BCUT2D eigenvalue weighted by atomic mass is 32.1. The number of methoxy groups -OCH3 is 1. The van der Waals surface area contributed by atoms with E-state index in [1.807, 2.05) is 5.38 Å². The van der Waals surface area contributed by atoms with Crippen LogP contribution in [0.4, 0.5) is 0 Å². The molecule has 86 valence electrons. The van der Waals surface area contributed by atoms with E-state index in [9.17, 15) is 4.79 Å². The molecule has 0 radical (unpaired) electrons. The molecule has 1 aromatic heterocycles. The largest absolute Gasteiger partial charge is 0.383 e. The van der Waals surface area contributed by atoms with E-state index in [-0.39, 0.29) is 5.91 Å². The summed E-state index contributed by atoms with van der Waals surface area (Å²) in [5, 5.41) is 7.48. The number of rotatable bonds is 4. The van der Waals surface area contributed by atoms with Crippen molar-refractivity contribution in [2.45, 2.75) is 6.04 Å². The first-order valence-corrected chi connectivity index (χ1v) is 5.74. The summed E-state index contributed by atoms with van der Waals surface area (Å²) in [6.07, 6.45) is 0. The van der Waals surface area contributed by atoms with Gasteiger partial charge >= 0.3 is 0 Å². The molecule has 2 heterocycles. The zero-order valence-electron chi connectivity index (χ0n) is 8.77. The molecule has 1 unspecified atom stereocenters. The summed E-state index contributed by atoms with van der Waals surface area (Å²) < 4.78 is 4.87. The summed E-state index contributed by atoms with van der Waals surface area (Å²) in [5.74, 6) is 0.363. The van der Waals surface area contributed by atoms with Crippen molar-refractivity contribution in [3.05, 3.63) is 16.6 Å². The molecule has 0 spiro atoms. The molecule has 1 amide bonds. The van der Waals surface area contributed by atoms with Gasteiger partial charge in [-0.25, -0.2) is 4.98 Å². The molecule has 2 N–H and O–H groups in total. The van der Waals surface area contributed by atoms with Crippen molar-refractivity contribution >= 4 is 23.2 Å². The van der Waals surface area contributed by atoms with Crippen molar-refractivity contribution in [1.29, 1.82) is 0 Å². The average molecular weight is 240 g/mol. The fourth-order valence-corrected chi connectivity index (χ4v) is 1.91. The predicted octanol–water partition coefficient (Wildman–Crippen LogP) is -0.0940. The average Bonchev–Trinajstić information content (AvgIpc) is 2.87. The third kappa shape index (κ3) is 2.37. The molecule has 1 saturated heterocycles. The van der Waals surface area contributed by atoms with Gasteiger partial charge in [-0.15, -0.1) is 11.3 Å². The smallest absolute Gasteiger partial charge is 0.255 e. The zero-order valence-corrected chi connectivity index (χ0v) is 9.58. The molecule has 7 heteroatoms. The van der Waals surface area contributed by atoms with Gasteiger partial charge in [0.2, 0.25) is 0 Å². The number of nitrogens with zero attached hydrogens (tertiary/aromatic N) is 2. The van der Waals surface area contributed by atoms with Gasteiger partial charge in [0.15, 0.2) is 12.0 Å². The van der Waals surface area contributed by atoms with Gasteiger partial charge in [-0.1, -0.05) is 0 Å². The number of nitrogens with one attached hydrogen (secondary N) is 2. The number of amides is 1. The van der Waals surface area contributed by atoms with Crippen molar-refractivity contribution in [2.24, 2.45) is 4.99 Å². The summed E-state index contributed by atoms with van der Waals surface area (Å²) in [4.78, 5) is 19.8. The normalized spacial score (nSPS) is 22.2. The van der Waals surface area contributed by atoms with Crippen LogP contribution in [0.25, 0.3) is 0 Å². The number of aromatic nitrogens is 1. The van der Waals surface area contributed by atoms with Gasteiger partial charge in [-0.05, 0) is 0 Å². The molecule has 0 aromatic carbocycles. The van der Waals surface area contributed by atoms with Crippen LogP contribution in [-0.2, 0) is 9.53 Å². The second kappa shape index (κ2) is 5.04. The number of aliphatic imine (C=N–C) groups is 1. The number of hydrogen-bond acceptors (Lipinski definition) is 5. The predicted molar refractivity (Wildman–Crippen MR) is 60.3 cm³/mol. The number of carbonyl (C=O) groups excluding carboxylic acids is 1. The third-order valence-electron chi connectivity index (χ3n) is 2.10. The number of carbonyl (C=O) groups is 1. The van der Waals surface area contributed by atoms with Crippen LogP contribution in [0.1, 0.15) is 11.7 Å². The van der Waals surface area contributed by atoms with E-state index >= 15 is 0 Å². The van der Waals surface area contributed by atoms with Crippen LogP contribution in [0.2, 0.25) is 0 Å². The van der Waals surface area contributed by atoms with E-state index in [1.165, 1.54) is 11.3 Å². The lowest BCUT2D eigenvalue weighted by atomic mass is 10.2. The van der Waals surface area contributed by atoms with Crippen molar-refractivity contribution in [2.75, 3.05) is 20.3 Å². The Morgan fingerprint density at radius 1 is 1.69 bits per heavy atom. The standard InChI is InChI=1S/C9H12N4O2S/c1-15-3-2-10-9-12-7(8(14)13-9)6-4-16-5-11-6/h4-5,7H,2-3H2,1H3,(H2,10,12,13,14). The quantitative estimate of drug-likeness (QED) is 0.721. The topological polar surface area (TPSA) is 75.6 Å². The third-order valence-corrected chi connectivity index (χ3v) is 2.70. The molecule has 16 heavy (non-hydrogen) atoms. The fourth-order valence-electron chi connectivity index (χ4n) is 1.33. The molecule has 1 aromatic rings. The van der Waals surface area contributed by atoms with Crippen LogP contribution in [0.3, 0.4) is 0 Å². The molecular formula is C9H12N4O2S. The second-order valence-corrected chi connectivity index (χ2v) is 3.92. The minimum absolute atomic E-state index is 0.123. The zero-order chi connectivity index (χ0) is 11.4. The first-order chi connectivity index (χ1) is 7.81. The Balaban J connectivity index is 1.99. The minimum Gasteiger partial charge on any atom is -0.383 e. The SMILES string of the molecule is COCCN=C1NC(=O)C(c2cscn2)N1. The van der Waals surface area contributed by atoms with E-state index in [0.717, 1.165) is 5.69 Å². The maximum atomic E-state index is 11.6. The van der Waals surface area contributed by atoms with Crippen molar-refractivity contribution in [3.8, 4) is 0 Å². The first-order valence-electron chi connectivity index (χ1n) is 4.80. The molecule has 1 atom stereocenters. The molecule has 0 saturated carbocycles. The van der Waals surface area contributed by atoms with Gasteiger partial charge < -0.3 is 10.1 Å². The molecule has 6 nitrogen and oxygen atoms in total. The lowest BCUT2D eigenvalue weighted by molar-refractivity contribution is -0.120. The molecule has 1 aliphatic heterocycles. The second-order valence-electron chi connectivity index (χ2n) is 3.20. The molecule has 0 aliphatic carbocycles. The maximum Gasteiger partial charge on any atom is 0.255 e. The van der Waals surface area contributed by atoms with Crippen LogP contribution in [0.5, 0.6) is 0 Å². The minimum atomic E-state index is -0.424. The Morgan fingerprint density at radius 2 is 2.56 bits per heavy atom. The number of thiazole rings is 1. The van der Waals surface area contributed by atoms with Gasteiger partial charge in [0.1, 0.15) is 0 Å². The Morgan fingerprint density at radius 3 is 3.25 bits per heavy atom. The Hall–Kier alpha value is -1.47. The summed E-state index contributed by atoms with van der Waals surface area (Å²) >= 11 is 1.46. The van der Waals surface area contributed by atoms with Crippen LogP contribution in [-0.4, -0.2) is 37.1 Å². The lowest BCUT2D eigenvalue weighted by Crippen LogP contribution is -2.26. The van der Waals surface area contributed by atoms with E-state index in [2.05, 4.69) is 20.6 Å². The van der Waals surface area contributed by atoms with Crippen molar-refractivity contribution in [3.63, 3.8) is 0 Å². The van der Waals surface area contributed by atoms with Crippen LogP contribution in [0, 0.1) is 0 Å². The Kier molecular flexibility index (Phi) is 3.47. The molecule has 1 aliphatic rings. The fraction of sp³-hybridized carbons (Fsp3) is 0.444. The maximum absolute atomic E-state index is 11.6. The van der Waals surface area contributed by atoms with Gasteiger partial charge in [0, 0.05) is 12.5 Å². The monoisotopic (exact) mass is 240 g/mol. The van der Waals surface area contributed by atoms with E-state index in [1.54, 1.807) is 12.6 Å². The van der Waals surface area contributed by atoms with E-state index < -0.39 is 6.04 Å². The highest BCUT2D eigenvalue weighted by Crippen LogP contribution is 2.15. The Labute approximate surface area is 96.7 Å². The van der Waals surface area contributed by atoms with Gasteiger partial charge in [-0.3, -0.25) is 15.1 Å². The van der Waals surface area contributed by atoms with Crippen LogP contribution in [0.15, 0.2) is 15.9 Å². The van der Waals surface area contributed by atoms with Crippen LogP contribution < -0.4 is 10.6 Å². The van der Waals surface area contributed by atoms with Gasteiger partial charge in [0.25, 0.3) is 5.91 Å². The van der Waals surface area contributed by atoms with E-state index in [4.69, 9.17) is 4.74 Å². The first kappa shape index (κ1) is 11.0.